The first-order chi connectivity index (χ1) is 20.3. The second-order valence-electron chi connectivity index (χ2n) is 10.6. The Morgan fingerprint density at radius 3 is 1.90 bits per heavy atom. The number of amides is 4. The van der Waals surface area contributed by atoms with Gasteiger partial charge in [0.15, 0.2) is 23.0 Å². The van der Waals surface area contributed by atoms with Crippen molar-refractivity contribution in [3.63, 3.8) is 0 Å². The van der Waals surface area contributed by atoms with Gasteiger partial charge >= 0.3 is 0 Å². The Hall–Kier alpha value is -4.52. The third kappa shape index (κ3) is 4.83. The molecular formula is C29H32N4O9. The first kappa shape index (κ1) is 27.6. The number of rotatable bonds is 8. The summed E-state index contributed by atoms with van der Waals surface area (Å²) in [4.78, 5) is 54.6. The summed E-state index contributed by atoms with van der Waals surface area (Å²) in [5, 5.41) is 15.6. The Morgan fingerprint density at radius 1 is 0.786 bits per heavy atom. The Bertz CT molecular complexity index is 1460. The number of carbonyl (C=O) groups excluding carboxylic acids is 4. The molecule has 2 saturated heterocycles. The van der Waals surface area contributed by atoms with E-state index in [0.717, 1.165) is 6.42 Å². The fourth-order valence-corrected chi connectivity index (χ4v) is 5.96. The minimum absolute atomic E-state index is 0.0908. The Balaban J connectivity index is 1.11. The predicted octanol–water partition coefficient (Wildman–Crippen LogP) is 1.64. The van der Waals surface area contributed by atoms with Crippen LogP contribution in [0.1, 0.15) is 46.4 Å². The van der Waals surface area contributed by atoms with E-state index in [2.05, 4.69) is 10.6 Å². The second kappa shape index (κ2) is 11.0. The number of carbonyl (C=O) groups is 4. The van der Waals surface area contributed by atoms with Crippen molar-refractivity contribution in [2.45, 2.75) is 43.9 Å². The maximum atomic E-state index is 13.1. The molecule has 0 radical (unpaired) electrons. The highest BCUT2D eigenvalue weighted by atomic mass is 16.5. The van der Waals surface area contributed by atoms with Crippen LogP contribution in [0.5, 0.6) is 23.0 Å². The number of nitrogens with zero attached hydrogens (tertiary/aromatic N) is 2. The van der Waals surface area contributed by atoms with Crippen LogP contribution in [-0.2, 0) is 9.59 Å². The molecule has 0 bridgehead atoms. The van der Waals surface area contributed by atoms with Crippen molar-refractivity contribution in [1.29, 1.82) is 0 Å². The fourth-order valence-electron chi connectivity index (χ4n) is 5.96. The summed E-state index contributed by atoms with van der Waals surface area (Å²) in [5.41, 5.74) is 1.31. The molecule has 0 spiro atoms. The lowest BCUT2D eigenvalue weighted by molar-refractivity contribution is -0.120. The van der Waals surface area contributed by atoms with E-state index in [9.17, 15) is 24.3 Å². The van der Waals surface area contributed by atoms with Crippen molar-refractivity contribution < 1.29 is 43.2 Å². The van der Waals surface area contributed by atoms with Gasteiger partial charge in [0.05, 0.1) is 56.0 Å². The van der Waals surface area contributed by atoms with Crippen molar-refractivity contribution >= 4 is 35.0 Å². The van der Waals surface area contributed by atoms with Gasteiger partial charge in [-0.25, -0.2) is 0 Å². The van der Waals surface area contributed by atoms with Crippen LogP contribution in [0, 0.1) is 0 Å². The molecule has 4 amide bonds. The van der Waals surface area contributed by atoms with Gasteiger partial charge in [0, 0.05) is 38.1 Å². The molecule has 3 atom stereocenters. The molecule has 4 aliphatic rings. The van der Waals surface area contributed by atoms with Gasteiger partial charge in [-0.2, -0.15) is 0 Å². The molecule has 4 aliphatic heterocycles. The zero-order chi connectivity index (χ0) is 29.5. The lowest BCUT2D eigenvalue weighted by Gasteiger charge is -2.20. The zero-order valence-electron chi connectivity index (χ0n) is 23.3. The summed E-state index contributed by atoms with van der Waals surface area (Å²) in [6.45, 7) is 1.08. The number of anilines is 2. The van der Waals surface area contributed by atoms with Crippen molar-refractivity contribution in [2.24, 2.45) is 0 Å². The van der Waals surface area contributed by atoms with Crippen LogP contribution in [0.2, 0.25) is 0 Å². The third-order valence-electron chi connectivity index (χ3n) is 8.05. The molecule has 2 aromatic rings. The normalized spacial score (nSPS) is 22.7. The van der Waals surface area contributed by atoms with Gasteiger partial charge in [0.25, 0.3) is 11.8 Å². The molecule has 222 valence electrons. The molecule has 13 nitrogen and oxygen atoms in total. The predicted molar refractivity (Wildman–Crippen MR) is 148 cm³/mol. The molecule has 4 heterocycles. The standard InChI is InChI=1S/C29H32N4O9/c1-39-22-10-16-18(30-26(35)20-5-3-6-32(20)28(16)37)12-24(22)41-7-4-8-42-25-13-19-17(11-23(25)40-2)29(38)33-14-15(34)9-21(33)27(36)31-19/h10-13,15,20-21,34H,3-9,14H2,1-2H3,(H,30,35)(H,31,36)/t15-,20+,21+/m1/s1. The molecule has 3 N–H and O–H groups in total. The van der Waals surface area contributed by atoms with Gasteiger partial charge < -0.3 is 44.5 Å². The Kier molecular flexibility index (Phi) is 7.27. The minimum Gasteiger partial charge on any atom is -0.493 e. The largest absolute Gasteiger partial charge is 0.493 e. The van der Waals surface area contributed by atoms with Crippen molar-refractivity contribution in [3.8, 4) is 23.0 Å². The molecule has 6 rings (SSSR count). The van der Waals surface area contributed by atoms with E-state index in [1.165, 1.54) is 25.2 Å². The first-order valence-electron chi connectivity index (χ1n) is 13.9. The maximum Gasteiger partial charge on any atom is 0.256 e. The number of methoxy groups -OCH3 is 2. The summed E-state index contributed by atoms with van der Waals surface area (Å²) in [5.74, 6) is 0.257. The van der Waals surface area contributed by atoms with Crippen LogP contribution in [0.25, 0.3) is 0 Å². The van der Waals surface area contributed by atoms with E-state index < -0.39 is 18.2 Å². The zero-order valence-corrected chi connectivity index (χ0v) is 23.3. The lowest BCUT2D eigenvalue weighted by Crippen LogP contribution is -2.40. The van der Waals surface area contributed by atoms with Crippen molar-refractivity contribution in [2.75, 3.05) is 51.2 Å². The topological polar surface area (TPSA) is 156 Å². The molecule has 0 aromatic heterocycles. The third-order valence-corrected chi connectivity index (χ3v) is 8.05. The highest BCUT2D eigenvalue weighted by Gasteiger charge is 2.43. The van der Waals surface area contributed by atoms with E-state index in [0.29, 0.717) is 59.3 Å². The van der Waals surface area contributed by atoms with Crippen molar-refractivity contribution in [1.82, 2.24) is 9.80 Å². The molecule has 2 fully saturated rings. The van der Waals surface area contributed by atoms with Gasteiger partial charge in [-0.3, -0.25) is 19.2 Å². The number of nitrogens with one attached hydrogen (secondary N) is 2. The number of ether oxygens (including phenoxy) is 4. The lowest BCUT2D eigenvalue weighted by atomic mass is 10.1. The van der Waals surface area contributed by atoms with Gasteiger partial charge in [-0.15, -0.1) is 0 Å². The van der Waals surface area contributed by atoms with Crippen LogP contribution >= 0.6 is 0 Å². The molecule has 13 heteroatoms. The summed E-state index contributed by atoms with van der Waals surface area (Å²) in [6.07, 6.45) is 1.30. The number of hydrogen-bond donors (Lipinski definition) is 3. The van der Waals surface area contributed by atoms with Crippen LogP contribution in [0.3, 0.4) is 0 Å². The summed E-state index contributed by atoms with van der Waals surface area (Å²) >= 11 is 0. The monoisotopic (exact) mass is 580 g/mol. The highest BCUT2D eigenvalue weighted by Crippen LogP contribution is 2.39. The van der Waals surface area contributed by atoms with Gasteiger partial charge in [-0.1, -0.05) is 0 Å². The number of benzene rings is 2. The number of aliphatic hydroxyl groups excluding tert-OH is 1. The van der Waals surface area contributed by atoms with Crippen LogP contribution in [-0.4, -0.2) is 97.2 Å². The molecule has 42 heavy (non-hydrogen) atoms. The number of hydrogen-bond acceptors (Lipinski definition) is 9. The van der Waals surface area contributed by atoms with Crippen LogP contribution in [0.15, 0.2) is 24.3 Å². The summed E-state index contributed by atoms with van der Waals surface area (Å²) in [7, 11) is 2.94. The summed E-state index contributed by atoms with van der Waals surface area (Å²) < 4.78 is 22.8. The SMILES string of the molecule is COc1cc2c(cc1OCCCOc1cc3c(cc1OC)C(=O)N1C[C@H](O)C[C@H]1C(=O)N3)NC(=O)[C@@H]1CCCN1C2=O. The molecule has 0 saturated carbocycles. The van der Waals surface area contributed by atoms with Gasteiger partial charge in [0.2, 0.25) is 11.8 Å². The van der Waals surface area contributed by atoms with E-state index >= 15 is 0 Å². The van der Waals surface area contributed by atoms with E-state index in [-0.39, 0.29) is 55.4 Å². The van der Waals surface area contributed by atoms with Gasteiger partial charge in [-0.05, 0) is 25.0 Å². The van der Waals surface area contributed by atoms with Crippen LogP contribution < -0.4 is 29.6 Å². The molecule has 2 aromatic carbocycles. The highest BCUT2D eigenvalue weighted by molar-refractivity contribution is 6.11. The number of aliphatic hydroxyl groups is 1. The quantitative estimate of drug-likeness (QED) is 0.395. The average Bonchev–Trinajstić information content (AvgIpc) is 3.60. The Labute approximate surface area is 241 Å². The average molecular weight is 581 g/mol. The van der Waals surface area contributed by atoms with E-state index in [1.54, 1.807) is 23.1 Å². The first-order valence-corrected chi connectivity index (χ1v) is 13.9. The van der Waals surface area contributed by atoms with Gasteiger partial charge in [0.1, 0.15) is 12.1 Å². The molecule has 0 unspecified atom stereocenters. The van der Waals surface area contributed by atoms with Crippen molar-refractivity contribution in [3.05, 3.63) is 35.4 Å². The van der Waals surface area contributed by atoms with E-state index in [1.807, 2.05) is 0 Å². The van der Waals surface area contributed by atoms with Crippen LogP contribution in [0.4, 0.5) is 11.4 Å². The maximum absolute atomic E-state index is 13.1. The molecule has 0 aliphatic carbocycles. The fraction of sp³-hybridized carbons (Fsp3) is 0.448. The second-order valence-corrected chi connectivity index (χ2v) is 10.6. The molecular weight excluding hydrogens is 548 g/mol. The summed E-state index contributed by atoms with van der Waals surface area (Å²) in [6, 6.07) is 5.07. The number of fused-ring (bicyclic) bond motifs is 4. The Morgan fingerprint density at radius 2 is 1.33 bits per heavy atom. The van der Waals surface area contributed by atoms with E-state index in [4.69, 9.17) is 18.9 Å². The smallest absolute Gasteiger partial charge is 0.256 e. The minimum atomic E-state index is -0.748.